The summed E-state index contributed by atoms with van der Waals surface area (Å²) in [5.74, 6) is -0.193. The molecule has 0 aliphatic carbocycles. The van der Waals surface area contributed by atoms with Gasteiger partial charge in [0.1, 0.15) is 0 Å². The third kappa shape index (κ3) is 2.07. The van der Waals surface area contributed by atoms with Crippen molar-refractivity contribution < 1.29 is 4.79 Å². The number of carbonyl (C=O) groups is 1. The first-order valence-electron chi connectivity index (χ1n) is 5.65. The Morgan fingerprint density at radius 2 is 2.11 bits per heavy atom. The van der Waals surface area contributed by atoms with Gasteiger partial charge in [0.2, 0.25) is 0 Å². The zero-order valence-electron chi connectivity index (χ0n) is 10.7. The summed E-state index contributed by atoms with van der Waals surface area (Å²) in [6, 6.07) is 5.52. The lowest BCUT2D eigenvalue weighted by Crippen LogP contribution is -2.15. The fourth-order valence-electron chi connectivity index (χ4n) is 1.76. The van der Waals surface area contributed by atoms with E-state index in [9.17, 15) is 4.79 Å². The van der Waals surface area contributed by atoms with Crippen molar-refractivity contribution in [3.05, 3.63) is 41.2 Å². The molecular weight excluding hydrogens is 228 g/mol. The van der Waals surface area contributed by atoms with Crippen LogP contribution in [0.1, 0.15) is 21.6 Å². The predicted molar refractivity (Wildman–Crippen MR) is 71.5 cm³/mol. The maximum atomic E-state index is 12.1. The summed E-state index contributed by atoms with van der Waals surface area (Å²) in [6.45, 7) is 3.76. The predicted octanol–water partition coefficient (Wildman–Crippen LogP) is 1.87. The largest absolute Gasteiger partial charge is 0.397 e. The molecule has 0 saturated heterocycles. The van der Waals surface area contributed by atoms with Crippen LogP contribution in [0.5, 0.6) is 0 Å². The average molecular weight is 244 g/mol. The Morgan fingerprint density at radius 1 is 1.39 bits per heavy atom. The molecule has 5 nitrogen and oxygen atoms in total. The van der Waals surface area contributed by atoms with E-state index in [2.05, 4.69) is 10.4 Å². The monoisotopic (exact) mass is 244 g/mol. The average Bonchev–Trinajstić information content (AvgIpc) is 2.65. The number of nitrogens with one attached hydrogen (secondary N) is 1. The van der Waals surface area contributed by atoms with Gasteiger partial charge in [-0.2, -0.15) is 5.10 Å². The van der Waals surface area contributed by atoms with Crippen molar-refractivity contribution >= 4 is 17.3 Å². The van der Waals surface area contributed by atoms with E-state index in [1.807, 2.05) is 26.0 Å². The summed E-state index contributed by atoms with van der Waals surface area (Å²) in [5.41, 5.74) is 9.38. The van der Waals surface area contributed by atoms with E-state index in [0.29, 0.717) is 16.9 Å². The van der Waals surface area contributed by atoms with Crippen LogP contribution in [0.4, 0.5) is 11.4 Å². The van der Waals surface area contributed by atoms with E-state index < -0.39 is 0 Å². The number of hydrogen-bond donors (Lipinski definition) is 2. The Morgan fingerprint density at radius 3 is 2.67 bits per heavy atom. The molecule has 0 radical (unpaired) electrons. The summed E-state index contributed by atoms with van der Waals surface area (Å²) in [5, 5.41) is 6.88. The van der Waals surface area contributed by atoms with Crippen LogP contribution >= 0.6 is 0 Å². The maximum absolute atomic E-state index is 12.1. The van der Waals surface area contributed by atoms with Crippen molar-refractivity contribution in [1.29, 1.82) is 0 Å². The van der Waals surface area contributed by atoms with Gasteiger partial charge in [-0.1, -0.05) is 12.1 Å². The van der Waals surface area contributed by atoms with Gasteiger partial charge in [-0.15, -0.1) is 0 Å². The Balaban J connectivity index is 2.30. The van der Waals surface area contributed by atoms with Gasteiger partial charge in [0.25, 0.3) is 5.91 Å². The normalized spacial score (nSPS) is 10.4. The fourth-order valence-corrected chi connectivity index (χ4v) is 1.76. The van der Waals surface area contributed by atoms with Gasteiger partial charge >= 0.3 is 0 Å². The number of rotatable bonds is 2. The number of nitrogen functional groups attached to an aromatic ring is 1. The number of aromatic nitrogens is 2. The minimum atomic E-state index is -0.193. The number of benzene rings is 1. The first-order valence-corrected chi connectivity index (χ1v) is 5.65. The molecule has 1 aromatic carbocycles. The SMILES string of the molecule is Cc1cccc(N)c1NC(=O)c1cnn(C)c1C. The summed E-state index contributed by atoms with van der Waals surface area (Å²) < 4.78 is 1.66. The van der Waals surface area contributed by atoms with E-state index >= 15 is 0 Å². The van der Waals surface area contributed by atoms with Gasteiger partial charge in [-0.05, 0) is 25.5 Å². The lowest BCUT2D eigenvalue weighted by atomic mass is 10.1. The molecule has 18 heavy (non-hydrogen) atoms. The van der Waals surface area contributed by atoms with Crippen molar-refractivity contribution in [2.45, 2.75) is 13.8 Å². The number of amides is 1. The number of nitrogens with two attached hydrogens (primary N) is 1. The minimum Gasteiger partial charge on any atom is -0.397 e. The third-order valence-corrected chi connectivity index (χ3v) is 3.02. The highest BCUT2D eigenvalue weighted by atomic mass is 16.1. The van der Waals surface area contributed by atoms with Crippen LogP contribution in [0, 0.1) is 13.8 Å². The molecule has 0 unspecified atom stereocenters. The first-order chi connectivity index (χ1) is 8.50. The molecule has 0 saturated carbocycles. The summed E-state index contributed by atoms with van der Waals surface area (Å²) >= 11 is 0. The smallest absolute Gasteiger partial charge is 0.259 e. The molecule has 0 aliphatic rings. The molecule has 0 fully saturated rings. The van der Waals surface area contributed by atoms with E-state index in [-0.39, 0.29) is 5.91 Å². The van der Waals surface area contributed by atoms with Crippen LogP contribution in [0.2, 0.25) is 0 Å². The van der Waals surface area contributed by atoms with Gasteiger partial charge in [0.15, 0.2) is 0 Å². The molecule has 2 rings (SSSR count). The second kappa shape index (κ2) is 4.52. The van der Waals surface area contributed by atoms with Crippen molar-refractivity contribution in [3.63, 3.8) is 0 Å². The summed E-state index contributed by atoms with van der Waals surface area (Å²) in [6.07, 6.45) is 1.55. The molecule has 0 atom stereocenters. The molecule has 0 spiro atoms. The lowest BCUT2D eigenvalue weighted by Gasteiger charge is -2.10. The molecule has 94 valence electrons. The second-order valence-corrected chi connectivity index (χ2v) is 4.26. The van der Waals surface area contributed by atoms with Crippen LogP contribution in [0.25, 0.3) is 0 Å². The maximum Gasteiger partial charge on any atom is 0.259 e. The highest BCUT2D eigenvalue weighted by molar-refractivity contribution is 6.06. The molecule has 0 bridgehead atoms. The molecule has 0 aliphatic heterocycles. The van der Waals surface area contributed by atoms with Gasteiger partial charge in [-0.3, -0.25) is 9.48 Å². The molecule has 1 aromatic heterocycles. The van der Waals surface area contributed by atoms with E-state index in [4.69, 9.17) is 5.73 Å². The summed E-state index contributed by atoms with van der Waals surface area (Å²) in [4.78, 5) is 12.1. The first kappa shape index (κ1) is 12.2. The molecule has 1 heterocycles. The minimum absolute atomic E-state index is 0.193. The number of anilines is 2. The lowest BCUT2D eigenvalue weighted by molar-refractivity contribution is 0.102. The van der Waals surface area contributed by atoms with E-state index in [0.717, 1.165) is 11.3 Å². The molecule has 5 heteroatoms. The van der Waals surface area contributed by atoms with Crippen LogP contribution in [0.15, 0.2) is 24.4 Å². The fraction of sp³-hybridized carbons (Fsp3) is 0.231. The number of hydrogen-bond acceptors (Lipinski definition) is 3. The number of aryl methyl sites for hydroxylation is 2. The number of nitrogens with zero attached hydrogens (tertiary/aromatic N) is 2. The Hall–Kier alpha value is -2.30. The highest BCUT2D eigenvalue weighted by Gasteiger charge is 2.14. The zero-order chi connectivity index (χ0) is 13.3. The number of para-hydroxylation sites is 1. The van der Waals surface area contributed by atoms with Crippen LogP contribution < -0.4 is 11.1 Å². The second-order valence-electron chi connectivity index (χ2n) is 4.26. The standard InChI is InChI=1S/C13H16N4O/c1-8-5-4-6-11(14)12(8)16-13(18)10-7-15-17(3)9(10)2/h4-7H,14H2,1-3H3,(H,16,18). The molecule has 1 amide bonds. The topological polar surface area (TPSA) is 72.9 Å². The van der Waals surface area contributed by atoms with Crippen molar-refractivity contribution in [3.8, 4) is 0 Å². The Labute approximate surface area is 106 Å². The quantitative estimate of drug-likeness (QED) is 0.792. The van der Waals surface area contributed by atoms with Crippen molar-refractivity contribution in [2.75, 3.05) is 11.1 Å². The Bertz CT molecular complexity index is 581. The van der Waals surface area contributed by atoms with Crippen LogP contribution in [-0.4, -0.2) is 15.7 Å². The van der Waals surface area contributed by atoms with Crippen LogP contribution in [0.3, 0.4) is 0 Å². The van der Waals surface area contributed by atoms with E-state index in [1.54, 1.807) is 24.0 Å². The van der Waals surface area contributed by atoms with Crippen molar-refractivity contribution in [1.82, 2.24) is 9.78 Å². The molecule has 3 N–H and O–H groups in total. The van der Waals surface area contributed by atoms with Gasteiger partial charge in [0, 0.05) is 12.7 Å². The van der Waals surface area contributed by atoms with Gasteiger partial charge in [0.05, 0.1) is 23.1 Å². The van der Waals surface area contributed by atoms with Crippen molar-refractivity contribution in [2.24, 2.45) is 7.05 Å². The summed E-state index contributed by atoms with van der Waals surface area (Å²) in [7, 11) is 1.80. The molecule has 2 aromatic rings. The highest BCUT2D eigenvalue weighted by Crippen LogP contribution is 2.23. The van der Waals surface area contributed by atoms with Gasteiger partial charge in [-0.25, -0.2) is 0 Å². The number of carbonyl (C=O) groups excluding carboxylic acids is 1. The molecular formula is C13H16N4O. The third-order valence-electron chi connectivity index (χ3n) is 3.02. The van der Waals surface area contributed by atoms with E-state index in [1.165, 1.54) is 0 Å². The zero-order valence-corrected chi connectivity index (χ0v) is 10.7. The van der Waals surface area contributed by atoms with Crippen LogP contribution in [-0.2, 0) is 7.05 Å². The van der Waals surface area contributed by atoms with Gasteiger partial charge < -0.3 is 11.1 Å². The Kier molecular flexibility index (Phi) is 3.06.